The lowest BCUT2D eigenvalue weighted by molar-refractivity contribution is -0.146. The Kier molecular flexibility index (Phi) is 10.9. The quantitative estimate of drug-likeness (QED) is 0.245. The number of halogens is 2. The molecule has 1 aliphatic heterocycles. The Morgan fingerprint density at radius 2 is 1.82 bits per heavy atom. The summed E-state index contributed by atoms with van der Waals surface area (Å²) in [7, 11) is 4.68. The lowest BCUT2D eigenvalue weighted by Gasteiger charge is -2.33. The minimum atomic E-state index is -0.120. The van der Waals surface area contributed by atoms with Crippen LogP contribution in [0.2, 0.25) is 0 Å². The maximum atomic E-state index is 11.7. The summed E-state index contributed by atoms with van der Waals surface area (Å²) < 4.78 is 16.5. The summed E-state index contributed by atoms with van der Waals surface area (Å²) in [5, 5.41) is 3.34. The third-order valence-corrected chi connectivity index (χ3v) is 5.35. The van der Waals surface area contributed by atoms with Crippen molar-refractivity contribution in [2.24, 2.45) is 10.9 Å². The monoisotopic (exact) mass is 569 g/mol. The van der Waals surface area contributed by atoms with Crippen molar-refractivity contribution in [2.45, 2.75) is 26.3 Å². The molecule has 0 aliphatic carbocycles. The van der Waals surface area contributed by atoms with Gasteiger partial charge >= 0.3 is 5.97 Å². The van der Waals surface area contributed by atoms with E-state index in [1.807, 2.05) is 19.1 Å². The minimum absolute atomic E-state index is 0. The number of aliphatic imine (C=N–C) groups is 1. The Morgan fingerprint density at radius 3 is 2.36 bits per heavy atom. The first-order chi connectivity index (χ1) is 13.0. The summed E-state index contributed by atoms with van der Waals surface area (Å²) in [4.78, 5) is 18.7. The number of nitrogens with zero attached hydrogens (tertiary/aromatic N) is 2. The van der Waals surface area contributed by atoms with Crippen molar-refractivity contribution in [1.82, 2.24) is 10.2 Å². The van der Waals surface area contributed by atoms with E-state index in [9.17, 15) is 4.79 Å². The fraction of sp³-hybridized carbons (Fsp3) is 0.579. The van der Waals surface area contributed by atoms with Gasteiger partial charge in [-0.3, -0.25) is 4.79 Å². The summed E-state index contributed by atoms with van der Waals surface area (Å²) in [5.41, 5.74) is 1.01. The van der Waals surface area contributed by atoms with E-state index in [0.717, 1.165) is 48.5 Å². The van der Waals surface area contributed by atoms with Crippen LogP contribution in [0.15, 0.2) is 21.6 Å². The second-order valence-electron chi connectivity index (χ2n) is 6.25. The molecule has 1 aromatic carbocycles. The van der Waals surface area contributed by atoms with Gasteiger partial charge in [-0.15, -0.1) is 24.0 Å². The second-order valence-corrected chi connectivity index (χ2v) is 7.11. The molecule has 28 heavy (non-hydrogen) atoms. The van der Waals surface area contributed by atoms with Crippen LogP contribution in [0.1, 0.15) is 25.3 Å². The third kappa shape index (κ3) is 6.40. The summed E-state index contributed by atoms with van der Waals surface area (Å²) >= 11 is 3.58. The minimum Gasteiger partial charge on any atom is -0.493 e. The van der Waals surface area contributed by atoms with E-state index in [2.05, 4.69) is 26.1 Å². The molecule has 1 N–H and O–H groups in total. The van der Waals surface area contributed by atoms with Crippen molar-refractivity contribution in [2.75, 3.05) is 41.0 Å². The van der Waals surface area contributed by atoms with Gasteiger partial charge in [0.25, 0.3) is 0 Å². The molecule has 1 aliphatic rings. The lowest BCUT2D eigenvalue weighted by atomic mass is 9.97. The van der Waals surface area contributed by atoms with E-state index in [1.54, 1.807) is 14.2 Å². The van der Waals surface area contributed by atoms with Crippen LogP contribution in [-0.2, 0) is 16.1 Å². The van der Waals surface area contributed by atoms with Crippen molar-refractivity contribution in [3.8, 4) is 11.5 Å². The molecule has 1 heterocycles. The van der Waals surface area contributed by atoms with Gasteiger partial charge in [-0.25, -0.2) is 4.99 Å². The number of carbonyl (C=O) groups excluding carboxylic acids is 1. The molecule has 158 valence electrons. The molecule has 2 rings (SSSR count). The summed E-state index contributed by atoms with van der Waals surface area (Å²) in [6, 6.07) is 3.82. The van der Waals surface area contributed by atoms with E-state index < -0.39 is 0 Å². The van der Waals surface area contributed by atoms with E-state index in [1.165, 1.54) is 7.11 Å². The van der Waals surface area contributed by atoms with Crippen LogP contribution in [0, 0.1) is 5.92 Å². The smallest absolute Gasteiger partial charge is 0.308 e. The fourth-order valence-electron chi connectivity index (χ4n) is 3.10. The number of benzene rings is 1. The Hall–Kier alpha value is -1.23. The van der Waals surface area contributed by atoms with Crippen LogP contribution in [-0.4, -0.2) is 57.8 Å². The first kappa shape index (κ1) is 24.8. The molecule has 0 amide bonds. The largest absolute Gasteiger partial charge is 0.493 e. The van der Waals surface area contributed by atoms with Crippen LogP contribution in [0.25, 0.3) is 0 Å². The van der Waals surface area contributed by atoms with Crippen molar-refractivity contribution in [3.05, 3.63) is 22.2 Å². The van der Waals surface area contributed by atoms with Gasteiger partial charge in [0.15, 0.2) is 17.5 Å². The number of guanidine groups is 1. The van der Waals surface area contributed by atoms with Gasteiger partial charge < -0.3 is 24.4 Å². The number of hydrogen-bond donors (Lipinski definition) is 1. The van der Waals surface area contributed by atoms with Gasteiger partial charge in [0.1, 0.15) is 0 Å². The highest BCUT2D eigenvalue weighted by Crippen LogP contribution is 2.33. The molecule has 0 radical (unpaired) electrons. The van der Waals surface area contributed by atoms with Gasteiger partial charge in [-0.05, 0) is 37.5 Å². The highest BCUT2D eigenvalue weighted by Gasteiger charge is 2.27. The molecule has 7 nitrogen and oxygen atoms in total. The Labute approximate surface area is 192 Å². The summed E-state index contributed by atoms with van der Waals surface area (Å²) in [6.45, 7) is 4.88. The maximum Gasteiger partial charge on any atom is 0.308 e. The molecule has 1 aromatic rings. The fourth-order valence-corrected chi connectivity index (χ4v) is 3.54. The van der Waals surface area contributed by atoms with Gasteiger partial charge in [0, 0.05) is 24.1 Å². The average Bonchev–Trinajstić information content (AvgIpc) is 2.71. The van der Waals surface area contributed by atoms with E-state index in [0.29, 0.717) is 18.0 Å². The number of methoxy groups -OCH3 is 3. The van der Waals surface area contributed by atoms with Crippen LogP contribution in [0.5, 0.6) is 11.5 Å². The molecule has 0 spiro atoms. The molecule has 0 saturated carbocycles. The number of likely N-dealkylation sites (tertiary alicyclic amines) is 1. The predicted molar refractivity (Wildman–Crippen MR) is 124 cm³/mol. The number of hydrogen-bond acceptors (Lipinski definition) is 5. The normalized spacial score (nSPS) is 14.9. The zero-order chi connectivity index (χ0) is 19.8. The summed E-state index contributed by atoms with van der Waals surface area (Å²) in [6.07, 6.45) is 1.55. The number of nitrogens with one attached hydrogen (secondary N) is 1. The molecular formula is C19H29BrIN3O4. The first-order valence-corrected chi connectivity index (χ1v) is 9.84. The van der Waals surface area contributed by atoms with Crippen LogP contribution in [0.4, 0.5) is 0 Å². The van der Waals surface area contributed by atoms with E-state index in [4.69, 9.17) is 19.2 Å². The summed E-state index contributed by atoms with van der Waals surface area (Å²) in [5.74, 6) is 2.06. The van der Waals surface area contributed by atoms with Crippen LogP contribution >= 0.6 is 39.9 Å². The van der Waals surface area contributed by atoms with Gasteiger partial charge in [0.2, 0.25) is 0 Å². The number of piperidine rings is 1. The molecule has 0 atom stereocenters. The lowest BCUT2D eigenvalue weighted by Crippen LogP contribution is -2.46. The van der Waals surface area contributed by atoms with Gasteiger partial charge in [0.05, 0.1) is 33.8 Å². The number of ether oxygens (including phenoxy) is 3. The third-order valence-electron chi connectivity index (χ3n) is 4.62. The molecule has 1 fully saturated rings. The topological polar surface area (TPSA) is 72.4 Å². The van der Waals surface area contributed by atoms with E-state index in [-0.39, 0.29) is 35.9 Å². The van der Waals surface area contributed by atoms with Gasteiger partial charge in [-0.1, -0.05) is 15.9 Å². The van der Waals surface area contributed by atoms with Crippen LogP contribution in [0.3, 0.4) is 0 Å². The highest BCUT2D eigenvalue weighted by molar-refractivity contribution is 14.0. The Morgan fingerprint density at radius 1 is 1.21 bits per heavy atom. The van der Waals surface area contributed by atoms with Crippen LogP contribution < -0.4 is 14.8 Å². The first-order valence-electron chi connectivity index (χ1n) is 9.05. The molecular weight excluding hydrogens is 541 g/mol. The van der Waals surface area contributed by atoms with Crippen molar-refractivity contribution < 1.29 is 19.0 Å². The maximum absolute atomic E-state index is 11.7. The average molecular weight is 570 g/mol. The van der Waals surface area contributed by atoms with Crippen molar-refractivity contribution in [3.63, 3.8) is 0 Å². The zero-order valence-electron chi connectivity index (χ0n) is 16.8. The van der Waals surface area contributed by atoms with Crippen molar-refractivity contribution in [1.29, 1.82) is 0 Å². The molecule has 0 aromatic heterocycles. The van der Waals surface area contributed by atoms with E-state index >= 15 is 0 Å². The molecule has 0 unspecified atom stereocenters. The Bertz CT molecular complexity index is 679. The highest BCUT2D eigenvalue weighted by atomic mass is 127. The standard InChI is InChI=1S/C19H28BrN3O4.HI/c1-5-21-19(23-8-6-13(7-9-23)18(24)27-4)22-12-14-10-16(25-2)17(26-3)11-15(14)20;/h10-11,13H,5-9,12H2,1-4H3,(H,21,22);1H. The zero-order valence-corrected chi connectivity index (χ0v) is 20.7. The predicted octanol–water partition coefficient (Wildman–Crippen LogP) is 3.43. The molecule has 9 heteroatoms. The van der Waals surface area contributed by atoms with Crippen molar-refractivity contribution >= 4 is 51.8 Å². The molecule has 0 bridgehead atoms. The Balaban J connectivity index is 0.00000392. The SMILES string of the molecule is CCNC(=NCc1cc(OC)c(OC)cc1Br)N1CCC(C(=O)OC)CC1.I. The number of carbonyl (C=O) groups is 1. The number of esters is 1. The second kappa shape index (κ2) is 12.4. The molecule has 1 saturated heterocycles. The van der Waals surface area contributed by atoms with Gasteiger partial charge in [-0.2, -0.15) is 0 Å². The number of rotatable bonds is 6.